The molecule has 1 aromatic heterocycles. The summed E-state index contributed by atoms with van der Waals surface area (Å²) in [5.74, 6) is 1.44. The van der Waals surface area contributed by atoms with Crippen molar-refractivity contribution in [2.45, 2.75) is 19.8 Å². The molecule has 0 unspecified atom stereocenters. The predicted molar refractivity (Wildman–Crippen MR) is 125 cm³/mol. The summed E-state index contributed by atoms with van der Waals surface area (Å²) < 4.78 is 1.10. The van der Waals surface area contributed by atoms with Crippen LogP contribution in [0.25, 0.3) is 0 Å². The molecule has 0 spiro atoms. The molecule has 2 aromatic carbocycles. The summed E-state index contributed by atoms with van der Waals surface area (Å²) in [6.45, 7) is 4.01. The molecule has 29 heavy (non-hydrogen) atoms. The van der Waals surface area contributed by atoms with Crippen LogP contribution in [0.5, 0.6) is 0 Å². The van der Waals surface area contributed by atoms with E-state index < -0.39 is 0 Å². The molecule has 0 radical (unpaired) electrons. The van der Waals surface area contributed by atoms with E-state index in [-0.39, 0.29) is 5.91 Å². The fourth-order valence-corrected chi connectivity index (χ4v) is 3.62. The maximum absolute atomic E-state index is 12.4. The molecule has 0 bridgehead atoms. The lowest BCUT2D eigenvalue weighted by atomic mass is 10.2. The first-order valence-electron chi connectivity index (χ1n) is 9.61. The number of hydrogen-bond acceptors (Lipinski definition) is 5. The van der Waals surface area contributed by atoms with Gasteiger partial charge >= 0.3 is 0 Å². The molecule has 0 atom stereocenters. The van der Waals surface area contributed by atoms with Crippen molar-refractivity contribution in [3.63, 3.8) is 0 Å². The zero-order valence-corrected chi connectivity index (χ0v) is 18.3. The Hall–Kier alpha value is -2.68. The number of nitrogens with one attached hydrogen (secondary N) is 2. The Morgan fingerprint density at radius 2 is 1.62 bits per heavy atom. The highest BCUT2D eigenvalue weighted by atomic mass is 127. The molecular formula is C22H22IN5O. The third-order valence-electron chi connectivity index (χ3n) is 4.75. The third kappa shape index (κ3) is 5.03. The van der Waals surface area contributed by atoms with Crippen LogP contribution in [0.2, 0.25) is 0 Å². The first-order chi connectivity index (χ1) is 14.1. The predicted octanol–water partition coefficient (Wildman–Crippen LogP) is 4.99. The molecule has 4 rings (SSSR count). The van der Waals surface area contributed by atoms with E-state index in [1.807, 2.05) is 61.5 Å². The van der Waals surface area contributed by atoms with Gasteiger partial charge in [-0.15, -0.1) is 0 Å². The molecule has 148 valence electrons. The molecule has 1 saturated heterocycles. The maximum atomic E-state index is 12.4. The second kappa shape index (κ2) is 8.77. The maximum Gasteiger partial charge on any atom is 0.255 e. The average molecular weight is 499 g/mol. The fraction of sp³-hybridized carbons (Fsp3) is 0.227. The van der Waals surface area contributed by atoms with Crippen LogP contribution in [0.1, 0.15) is 28.9 Å². The number of rotatable bonds is 5. The number of carbonyl (C=O) groups excluding carboxylic acids is 1. The molecule has 3 aromatic rings. The van der Waals surface area contributed by atoms with Gasteiger partial charge in [0.25, 0.3) is 5.91 Å². The topological polar surface area (TPSA) is 70.2 Å². The first-order valence-corrected chi connectivity index (χ1v) is 10.7. The van der Waals surface area contributed by atoms with Crippen LogP contribution in [0.15, 0.2) is 54.6 Å². The number of aromatic nitrogens is 2. The zero-order valence-electron chi connectivity index (χ0n) is 16.2. The Morgan fingerprint density at radius 3 is 2.31 bits per heavy atom. The molecule has 1 amide bonds. The van der Waals surface area contributed by atoms with E-state index in [4.69, 9.17) is 0 Å². The van der Waals surface area contributed by atoms with Gasteiger partial charge in [-0.05, 0) is 90.9 Å². The minimum absolute atomic E-state index is 0.121. The Kier molecular flexibility index (Phi) is 5.94. The van der Waals surface area contributed by atoms with E-state index in [1.165, 1.54) is 12.8 Å². The average Bonchev–Trinajstić information content (AvgIpc) is 3.24. The number of nitrogens with zero attached hydrogens (tertiary/aromatic N) is 3. The highest BCUT2D eigenvalue weighted by Crippen LogP contribution is 2.22. The van der Waals surface area contributed by atoms with Crippen molar-refractivity contribution in [2.75, 3.05) is 28.6 Å². The van der Waals surface area contributed by atoms with E-state index in [0.717, 1.165) is 45.5 Å². The van der Waals surface area contributed by atoms with E-state index in [0.29, 0.717) is 5.56 Å². The Labute approximate surface area is 183 Å². The van der Waals surface area contributed by atoms with Crippen molar-refractivity contribution in [2.24, 2.45) is 0 Å². The van der Waals surface area contributed by atoms with Gasteiger partial charge in [0.15, 0.2) is 0 Å². The van der Waals surface area contributed by atoms with Crippen molar-refractivity contribution in [3.05, 3.63) is 69.4 Å². The minimum Gasteiger partial charge on any atom is -0.341 e. The highest BCUT2D eigenvalue weighted by molar-refractivity contribution is 14.1. The van der Waals surface area contributed by atoms with Crippen LogP contribution >= 0.6 is 22.6 Å². The summed E-state index contributed by atoms with van der Waals surface area (Å²) >= 11 is 2.22. The van der Waals surface area contributed by atoms with E-state index in [1.54, 1.807) is 0 Å². The van der Waals surface area contributed by atoms with Crippen molar-refractivity contribution in [1.82, 2.24) is 9.97 Å². The third-order valence-corrected chi connectivity index (χ3v) is 5.47. The van der Waals surface area contributed by atoms with Gasteiger partial charge in [0.05, 0.1) is 0 Å². The molecule has 0 saturated carbocycles. The van der Waals surface area contributed by atoms with Crippen LogP contribution in [0.3, 0.4) is 0 Å². The number of aryl methyl sites for hydroxylation is 1. The monoisotopic (exact) mass is 499 g/mol. The molecule has 1 aliphatic rings. The largest absolute Gasteiger partial charge is 0.341 e. The van der Waals surface area contributed by atoms with E-state index >= 15 is 0 Å². The van der Waals surface area contributed by atoms with Crippen molar-refractivity contribution in [3.8, 4) is 0 Å². The molecule has 2 N–H and O–H groups in total. The van der Waals surface area contributed by atoms with Gasteiger partial charge in [0.2, 0.25) is 5.95 Å². The summed E-state index contributed by atoms with van der Waals surface area (Å²) in [6.07, 6.45) is 2.38. The molecule has 6 nitrogen and oxygen atoms in total. The molecule has 2 heterocycles. The number of benzene rings is 2. The fourth-order valence-electron chi connectivity index (χ4n) is 3.26. The second-order valence-corrected chi connectivity index (χ2v) is 8.30. The lowest BCUT2D eigenvalue weighted by Gasteiger charge is -2.17. The molecule has 1 aliphatic heterocycles. The van der Waals surface area contributed by atoms with Gasteiger partial charge in [-0.2, -0.15) is 4.98 Å². The summed E-state index contributed by atoms with van der Waals surface area (Å²) in [5, 5.41) is 6.26. The molecule has 7 heteroatoms. The quantitative estimate of drug-likeness (QED) is 0.485. The van der Waals surface area contributed by atoms with Gasteiger partial charge in [-0.1, -0.05) is 0 Å². The Morgan fingerprint density at radius 1 is 0.966 bits per heavy atom. The normalized spacial score (nSPS) is 13.4. The molecule has 0 aliphatic carbocycles. The molecular weight excluding hydrogens is 477 g/mol. The number of halogens is 1. The highest BCUT2D eigenvalue weighted by Gasteiger charge is 2.16. The van der Waals surface area contributed by atoms with Gasteiger partial charge in [0.1, 0.15) is 5.82 Å². The number of hydrogen-bond donors (Lipinski definition) is 2. The van der Waals surface area contributed by atoms with Gasteiger partial charge < -0.3 is 15.5 Å². The lowest BCUT2D eigenvalue weighted by Crippen LogP contribution is -2.21. The lowest BCUT2D eigenvalue weighted by molar-refractivity contribution is 0.102. The van der Waals surface area contributed by atoms with Crippen molar-refractivity contribution < 1.29 is 4.79 Å². The Bertz CT molecular complexity index is 999. The zero-order chi connectivity index (χ0) is 20.2. The first kappa shape index (κ1) is 19.6. The Balaban J connectivity index is 1.43. The van der Waals surface area contributed by atoms with Crippen LogP contribution in [-0.2, 0) is 0 Å². The van der Waals surface area contributed by atoms with Gasteiger partial charge in [-0.3, -0.25) is 4.79 Å². The second-order valence-electron chi connectivity index (χ2n) is 7.05. The SMILES string of the molecule is Cc1cc(Nc2ccc(NC(=O)c3ccc(I)cc3)cc2)nc(N2CCCC2)n1. The van der Waals surface area contributed by atoms with Crippen LogP contribution in [-0.4, -0.2) is 29.0 Å². The summed E-state index contributed by atoms with van der Waals surface area (Å²) in [4.78, 5) is 23.8. The van der Waals surface area contributed by atoms with E-state index in [2.05, 4.69) is 48.1 Å². The van der Waals surface area contributed by atoms with E-state index in [9.17, 15) is 4.79 Å². The van der Waals surface area contributed by atoms with Crippen molar-refractivity contribution in [1.29, 1.82) is 0 Å². The van der Waals surface area contributed by atoms with Crippen LogP contribution in [0.4, 0.5) is 23.1 Å². The van der Waals surface area contributed by atoms with Crippen LogP contribution < -0.4 is 15.5 Å². The summed E-state index contributed by atoms with van der Waals surface area (Å²) in [6, 6.07) is 17.0. The van der Waals surface area contributed by atoms with Gasteiger partial charge in [-0.25, -0.2) is 4.98 Å². The standard InChI is InChI=1S/C22H22IN5O/c1-15-14-20(27-22(24-15)28-12-2-3-13-28)25-18-8-10-19(11-9-18)26-21(29)16-4-6-17(23)7-5-16/h4-11,14H,2-3,12-13H2,1H3,(H,26,29)(H,24,25,27). The summed E-state index contributed by atoms with van der Waals surface area (Å²) in [5.41, 5.74) is 3.22. The number of carbonyl (C=O) groups is 1. The number of amides is 1. The van der Waals surface area contributed by atoms with Crippen molar-refractivity contribution >= 4 is 51.6 Å². The van der Waals surface area contributed by atoms with Crippen LogP contribution in [0, 0.1) is 10.5 Å². The minimum atomic E-state index is -0.121. The number of anilines is 4. The summed E-state index contributed by atoms with van der Waals surface area (Å²) in [7, 11) is 0. The smallest absolute Gasteiger partial charge is 0.255 e. The molecule has 1 fully saturated rings. The van der Waals surface area contributed by atoms with Gasteiger partial charge in [0, 0.05) is 45.4 Å².